The third-order valence-corrected chi connectivity index (χ3v) is 5.17. The Bertz CT molecular complexity index is 498. The number of amides is 1. The van der Waals surface area contributed by atoms with E-state index >= 15 is 0 Å². The van der Waals surface area contributed by atoms with Gasteiger partial charge in [-0.1, -0.05) is 0 Å². The van der Waals surface area contributed by atoms with E-state index < -0.39 is 9.84 Å². The van der Waals surface area contributed by atoms with Crippen LogP contribution in [0.5, 0.6) is 0 Å². The minimum Gasteiger partial charge on any atom is -0.350 e. The second-order valence-corrected chi connectivity index (χ2v) is 7.38. The van der Waals surface area contributed by atoms with E-state index in [1.54, 1.807) is 6.20 Å². The van der Waals surface area contributed by atoms with Gasteiger partial charge in [0, 0.05) is 30.6 Å². The maximum Gasteiger partial charge on any atom is 0.221 e. The van der Waals surface area contributed by atoms with E-state index in [9.17, 15) is 13.2 Å². The predicted molar refractivity (Wildman–Crippen MR) is 69.0 cm³/mol. The molecule has 1 unspecified atom stereocenters. The minimum atomic E-state index is -2.99. The van der Waals surface area contributed by atoms with Crippen LogP contribution in [0.2, 0.25) is 0 Å². The summed E-state index contributed by atoms with van der Waals surface area (Å²) in [4.78, 5) is 15.7. The Morgan fingerprint density at radius 1 is 1.61 bits per heavy atom. The summed E-state index contributed by atoms with van der Waals surface area (Å²) in [6.45, 7) is 0.822. The zero-order valence-corrected chi connectivity index (χ0v) is 11.4. The molecule has 1 aliphatic heterocycles. The van der Waals surface area contributed by atoms with Gasteiger partial charge in [0.05, 0.1) is 18.1 Å². The van der Waals surface area contributed by atoms with Crippen LogP contribution in [0.25, 0.3) is 0 Å². The van der Waals surface area contributed by atoms with Gasteiger partial charge in [-0.2, -0.15) is 0 Å². The smallest absolute Gasteiger partial charge is 0.221 e. The van der Waals surface area contributed by atoms with Gasteiger partial charge in [0.15, 0.2) is 9.84 Å². The van der Waals surface area contributed by atoms with Crippen LogP contribution in [0.4, 0.5) is 0 Å². The van der Waals surface area contributed by atoms with Crippen molar-refractivity contribution in [2.75, 3.05) is 18.1 Å². The molecule has 1 aromatic rings. The monoisotopic (exact) mass is 289 g/mol. The van der Waals surface area contributed by atoms with Crippen LogP contribution in [0.3, 0.4) is 0 Å². The number of hydrogen-bond acceptors (Lipinski definition) is 6. The standard InChI is InChI=1S/C10H15N3O3S2/c14-9(13-6-10-12-1-3-17-10)5-8-7-18(15,16)4-2-11-8/h1,3,8,11H,2,4-7H2,(H,13,14). The summed E-state index contributed by atoms with van der Waals surface area (Å²) in [5, 5.41) is 8.46. The van der Waals surface area contributed by atoms with Gasteiger partial charge < -0.3 is 10.6 Å². The first-order valence-corrected chi connectivity index (χ1v) is 8.34. The number of aromatic nitrogens is 1. The Balaban J connectivity index is 1.77. The quantitative estimate of drug-likeness (QED) is 0.783. The van der Waals surface area contributed by atoms with E-state index in [2.05, 4.69) is 15.6 Å². The maximum absolute atomic E-state index is 11.6. The van der Waals surface area contributed by atoms with Gasteiger partial charge in [0.2, 0.25) is 5.91 Å². The first-order valence-electron chi connectivity index (χ1n) is 5.64. The number of thiazole rings is 1. The van der Waals surface area contributed by atoms with Gasteiger partial charge in [-0.3, -0.25) is 4.79 Å². The summed E-state index contributed by atoms with van der Waals surface area (Å²) in [6.07, 6.45) is 1.87. The van der Waals surface area contributed by atoms with Crippen molar-refractivity contribution in [1.82, 2.24) is 15.6 Å². The molecule has 6 nitrogen and oxygen atoms in total. The first kappa shape index (κ1) is 13.4. The Kier molecular flexibility index (Phi) is 4.31. The molecule has 0 radical (unpaired) electrons. The molecule has 18 heavy (non-hydrogen) atoms. The molecular formula is C10H15N3O3S2. The van der Waals surface area contributed by atoms with Gasteiger partial charge in [-0.15, -0.1) is 11.3 Å². The molecule has 1 aliphatic rings. The molecule has 0 aromatic carbocycles. The SMILES string of the molecule is O=C(CC1CS(=O)(=O)CCN1)NCc1nccs1. The van der Waals surface area contributed by atoms with Crippen LogP contribution in [0.1, 0.15) is 11.4 Å². The molecule has 2 N–H and O–H groups in total. The van der Waals surface area contributed by atoms with E-state index in [0.29, 0.717) is 13.1 Å². The van der Waals surface area contributed by atoms with Gasteiger partial charge in [-0.25, -0.2) is 13.4 Å². The Labute approximate surface area is 110 Å². The van der Waals surface area contributed by atoms with Crippen LogP contribution < -0.4 is 10.6 Å². The van der Waals surface area contributed by atoms with Crippen molar-refractivity contribution in [2.45, 2.75) is 19.0 Å². The lowest BCUT2D eigenvalue weighted by Crippen LogP contribution is -2.47. The highest BCUT2D eigenvalue weighted by molar-refractivity contribution is 7.91. The highest BCUT2D eigenvalue weighted by Gasteiger charge is 2.25. The van der Waals surface area contributed by atoms with Crippen LogP contribution in [0, 0.1) is 0 Å². The molecule has 1 fully saturated rings. The fourth-order valence-electron chi connectivity index (χ4n) is 1.81. The predicted octanol–water partition coefficient (Wildman–Crippen LogP) is -0.464. The summed E-state index contributed by atoms with van der Waals surface area (Å²) in [7, 11) is -2.99. The summed E-state index contributed by atoms with van der Waals surface area (Å²) in [5.41, 5.74) is 0. The number of nitrogens with zero attached hydrogens (tertiary/aromatic N) is 1. The molecule has 1 amide bonds. The Hall–Kier alpha value is -0.990. The lowest BCUT2D eigenvalue weighted by Gasteiger charge is -2.22. The summed E-state index contributed by atoms with van der Waals surface area (Å²) in [6, 6.07) is -0.278. The number of hydrogen-bond donors (Lipinski definition) is 2. The maximum atomic E-state index is 11.6. The van der Waals surface area contributed by atoms with Crippen molar-refractivity contribution in [2.24, 2.45) is 0 Å². The van der Waals surface area contributed by atoms with E-state index in [0.717, 1.165) is 5.01 Å². The summed E-state index contributed by atoms with van der Waals surface area (Å²) in [5.74, 6) is 0.0434. The van der Waals surface area contributed by atoms with Crippen LogP contribution in [-0.2, 0) is 21.2 Å². The molecule has 100 valence electrons. The van der Waals surface area contributed by atoms with Crippen LogP contribution in [0.15, 0.2) is 11.6 Å². The van der Waals surface area contributed by atoms with Gasteiger partial charge in [-0.05, 0) is 0 Å². The molecule has 0 saturated carbocycles. The summed E-state index contributed by atoms with van der Waals surface area (Å²) >= 11 is 1.47. The molecule has 1 saturated heterocycles. The third kappa shape index (κ3) is 4.04. The van der Waals surface area contributed by atoms with Crippen molar-refractivity contribution in [1.29, 1.82) is 0 Å². The molecule has 0 aliphatic carbocycles. The second-order valence-electron chi connectivity index (χ2n) is 4.17. The molecular weight excluding hydrogens is 274 g/mol. The van der Waals surface area contributed by atoms with E-state index in [1.807, 2.05) is 5.38 Å². The first-order chi connectivity index (χ1) is 8.55. The average Bonchev–Trinajstić information content (AvgIpc) is 2.77. The normalized spacial score (nSPS) is 22.6. The second kappa shape index (κ2) is 5.77. The topological polar surface area (TPSA) is 88.2 Å². The number of carbonyl (C=O) groups is 1. The van der Waals surface area contributed by atoms with Crippen LogP contribution in [-0.4, -0.2) is 43.4 Å². The summed E-state index contributed by atoms with van der Waals surface area (Å²) < 4.78 is 22.8. The fourth-order valence-corrected chi connectivity index (χ4v) is 3.81. The minimum absolute atomic E-state index is 0.0394. The van der Waals surface area contributed by atoms with Gasteiger partial charge in [0.1, 0.15) is 5.01 Å². The molecule has 2 rings (SSSR count). The largest absolute Gasteiger partial charge is 0.350 e. The molecule has 1 atom stereocenters. The van der Waals surface area contributed by atoms with Gasteiger partial charge in [0.25, 0.3) is 0 Å². The van der Waals surface area contributed by atoms with Crippen molar-refractivity contribution in [3.63, 3.8) is 0 Å². The van der Waals surface area contributed by atoms with Crippen molar-refractivity contribution in [3.8, 4) is 0 Å². The van der Waals surface area contributed by atoms with Crippen LogP contribution >= 0.6 is 11.3 Å². The number of rotatable bonds is 4. The lowest BCUT2D eigenvalue weighted by molar-refractivity contribution is -0.121. The molecule has 2 heterocycles. The molecule has 0 spiro atoms. The van der Waals surface area contributed by atoms with E-state index in [-0.39, 0.29) is 29.9 Å². The molecule has 0 bridgehead atoms. The van der Waals surface area contributed by atoms with Crippen molar-refractivity contribution < 1.29 is 13.2 Å². The highest BCUT2D eigenvalue weighted by Crippen LogP contribution is 2.06. The number of sulfone groups is 1. The van der Waals surface area contributed by atoms with Crippen molar-refractivity contribution in [3.05, 3.63) is 16.6 Å². The zero-order chi connectivity index (χ0) is 13.0. The van der Waals surface area contributed by atoms with Crippen molar-refractivity contribution >= 4 is 27.1 Å². The van der Waals surface area contributed by atoms with E-state index in [1.165, 1.54) is 11.3 Å². The zero-order valence-electron chi connectivity index (χ0n) is 9.76. The Morgan fingerprint density at radius 2 is 2.44 bits per heavy atom. The molecule has 1 aromatic heterocycles. The Morgan fingerprint density at radius 3 is 3.11 bits per heavy atom. The average molecular weight is 289 g/mol. The number of carbonyl (C=O) groups excluding carboxylic acids is 1. The number of nitrogens with one attached hydrogen (secondary N) is 2. The third-order valence-electron chi connectivity index (χ3n) is 2.65. The molecule has 8 heteroatoms. The van der Waals surface area contributed by atoms with Gasteiger partial charge >= 0.3 is 0 Å². The highest BCUT2D eigenvalue weighted by atomic mass is 32.2. The van der Waals surface area contributed by atoms with E-state index in [4.69, 9.17) is 0 Å². The fraction of sp³-hybridized carbons (Fsp3) is 0.600. The lowest BCUT2D eigenvalue weighted by atomic mass is 10.2.